The van der Waals surface area contributed by atoms with Crippen LogP contribution in [-0.2, 0) is 9.59 Å². The van der Waals surface area contributed by atoms with Crippen molar-refractivity contribution in [2.24, 2.45) is 0 Å². The molecule has 1 atom stereocenters. The summed E-state index contributed by atoms with van der Waals surface area (Å²) >= 11 is 1.33. The number of rotatable bonds is 5. The van der Waals surface area contributed by atoms with Gasteiger partial charge in [0.05, 0.1) is 10.9 Å². The number of carbonyl (C=O) groups excluding carboxylic acids is 2. The number of amides is 2. The molecule has 1 unspecified atom stereocenters. The molecule has 120 valence electrons. The minimum Gasteiger partial charge on any atom is -0.326 e. The van der Waals surface area contributed by atoms with Crippen LogP contribution in [-0.4, -0.2) is 17.1 Å². The molecule has 2 aromatic rings. The van der Waals surface area contributed by atoms with E-state index < -0.39 is 11.1 Å². The van der Waals surface area contributed by atoms with Crippen LogP contribution in [0.3, 0.4) is 0 Å². The molecule has 23 heavy (non-hydrogen) atoms. The number of carbonyl (C=O) groups is 2. The summed E-state index contributed by atoms with van der Waals surface area (Å²) < 4.78 is 13.6. The van der Waals surface area contributed by atoms with E-state index in [1.165, 1.54) is 30.8 Å². The van der Waals surface area contributed by atoms with Crippen LogP contribution in [0.2, 0.25) is 0 Å². The number of thioether (sulfide) groups is 1. The van der Waals surface area contributed by atoms with Gasteiger partial charge in [0.2, 0.25) is 11.8 Å². The van der Waals surface area contributed by atoms with Crippen molar-refractivity contribution < 1.29 is 14.0 Å². The number of anilines is 2. The SMILES string of the molecule is CC(=O)Nc1cccc(SC(C)C(=O)Nc2ccccc2F)c1. The summed E-state index contributed by atoms with van der Waals surface area (Å²) in [5, 5.41) is 4.85. The smallest absolute Gasteiger partial charge is 0.237 e. The molecule has 4 nitrogen and oxygen atoms in total. The fourth-order valence-electron chi connectivity index (χ4n) is 1.91. The molecule has 0 aromatic heterocycles. The van der Waals surface area contributed by atoms with Crippen LogP contribution in [0.1, 0.15) is 13.8 Å². The van der Waals surface area contributed by atoms with Crippen LogP contribution in [0.25, 0.3) is 0 Å². The van der Waals surface area contributed by atoms with Crippen molar-refractivity contribution in [2.75, 3.05) is 10.6 Å². The molecule has 0 saturated heterocycles. The highest BCUT2D eigenvalue weighted by molar-refractivity contribution is 8.00. The Morgan fingerprint density at radius 1 is 1.09 bits per heavy atom. The first-order valence-electron chi connectivity index (χ1n) is 7.05. The number of halogens is 1. The monoisotopic (exact) mass is 332 g/mol. The van der Waals surface area contributed by atoms with Crippen LogP contribution >= 0.6 is 11.8 Å². The fraction of sp³-hybridized carbons (Fsp3) is 0.176. The molecule has 0 spiro atoms. The van der Waals surface area contributed by atoms with E-state index in [2.05, 4.69) is 10.6 Å². The van der Waals surface area contributed by atoms with E-state index in [0.29, 0.717) is 5.69 Å². The molecular weight excluding hydrogens is 315 g/mol. The average Bonchev–Trinajstić information content (AvgIpc) is 2.49. The summed E-state index contributed by atoms with van der Waals surface area (Å²) in [6.07, 6.45) is 0. The molecule has 2 aromatic carbocycles. The third kappa shape index (κ3) is 5.10. The second kappa shape index (κ2) is 7.78. The van der Waals surface area contributed by atoms with Gasteiger partial charge < -0.3 is 10.6 Å². The molecule has 2 rings (SSSR count). The molecular formula is C17H17FN2O2S. The van der Waals surface area contributed by atoms with Crippen molar-refractivity contribution in [2.45, 2.75) is 24.0 Å². The van der Waals surface area contributed by atoms with Gasteiger partial charge in [-0.2, -0.15) is 0 Å². The van der Waals surface area contributed by atoms with Gasteiger partial charge in [-0.15, -0.1) is 11.8 Å². The van der Waals surface area contributed by atoms with Crippen LogP contribution in [0.5, 0.6) is 0 Å². The quantitative estimate of drug-likeness (QED) is 0.816. The molecule has 2 N–H and O–H groups in total. The third-order valence-electron chi connectivity index (χ3n) is 2.97. The second-order valence-electron chi connectivity index (χ2n) is 4.94. The molecule has 0 aliphatic carbocycles. The van der Waals surface area contributed by atoms with Crippen molar-refractivity contribution in [1.29, 1.82) is 0 Å². The Balaban J connectivity index is 2.01. The lowest BCUT2D eigenvalue weighted by Gasteiger charge is -2.13. The first-order valence-corrected chi connectivity index (χ1v) is 7.93. The van der Waals surface area contributed by atoms with Crippen LogP contribution in [0, 0.1) is 5.82 Å². The Hall–Kier alpha value is -2.34. The van der Waals surface area contributed by atoms with Gasteiger partial charge >= 0.3 is 0 Å². The van der Waals surface area contributed by atoms with E-state index in [4.69, 9.17) is 0 Å². The first-order chi connectivity index (χ1) is 11.0. The van der Waals surface area contributed by atoms with Crippen LogP contribution in [0.4, 0.5) is 15.8 Å². The van der Waals surface area contributed by atoms with Gasteiger partial charge in [0.15, 0.2) is 0 Å². The maximum absolute atomic E-state index is 13.6. The fourth-order valence-corrected chi connectivity index (χ4v) is 2.83. The summed E-state index contributed by atoms with van der Waals surface area (Å²) in [7, 11) is 0. The van der Waals surface area contributed by atoms with Gasteiger partial charge in [-0.1, -0.05) is 18.2 Å². The predicted molar refractivity (Wildman–Crippen MR) is 91.1 cm³/mol. The summed E-state index contributed by atoms with van der Waals surface area (Å²) in [5.74, 6) is -0.909. The summed E-state index contributed by atoms with van der Waals surface area (Å²) in [5.41, 5.74) is 0.834. The highest BCUT2D eigenvalue weighted by atomic mass is 32.2. The van der Waals surface area contributed by atoms with E-state index in [0.717, 1.165) is 4.90 Å². The van der Waals surface area contributed by atoms with Crippen molar-refractivity contribution in [3.8, 4) is 0 Å². The lowest BCUT2D eigenvalue weighted by atomic mass is 10.3. The molecule has 0 aliphatic heterocycles. The molecule has 0 saturated carbocycles. The maximum atomic E-state index is 13.6. The molecule has 0 aliphatic rings. The highest BCUT2D eigenvalue weighted by Gasteiger charge is 2.16. The first kappa shape index (κ1) is 17.0. The second-order valence-corrected chi connectivity index (χ2v) is 6.35. The summed E-state index contributed by atoms with van der Waals surface area (Å²) in [6.45, 7) is 3.18. The molecule has 0 bridgehead atoms. The summed E-state index contributed by atoms with van der Waals surface area (Å²) in [6, 6.07) is 13.3. The van der Waals surface area contributed by atoms with Gasteiger partial charge in [-0.3, -0.25) is 9.59 Å². The topological polar surface area (TPSA) is 58.2 Å². The van der Waals surface area contributed by atoms with Crippen molar-refractivity contribution in [1.82, 2.24) is 0 Å². The molecule has 0 fully saturated rings. The van der Waals surface area contributed by atoms with E-state index in [1.54, 1.807) is 37.3 Å². The third-order valence-corrected chi connectivity index (χ3v) is 4.06. The largest absolute Gasteiger partial charge is 0.326 e. The Labute approximate surface area is 138 Å². The summed E-state index contributed by atoms with van der Waals surface area (Å²) in [4.78, 5) is 24.1. The zero-order valence-corrected chi connectivity index (χ0v) is 13.6. The van der Waals surface area contributed by atoms with Crippen molar-refractivity contribution >= 4 is 35.0 Å². The minimum atomic E-state index is -0.467. The average molecular weight is 332 g/mol. The normalized spacial score (nSPS) is 11.6. The van der Waals surface area contributed by atoms with Gasteiger partial charge in [0.25, 0.3) is 0 Å². The van der Waals surface area contributed by atoms with Gasteiger partial charge in [-0.25, -0.2) is 4.39 Å². The Morgan fingerprint density at radius 3 is 2.52 bits per heavy atom. The number of benzene rings is 2. The number of nitrogens with one attached hydrogen (secondary N) is 2. The number of para-hydroxylation sites is 1. The van der Waals surface area contributed by atoms with E-state index in [9.17, 15) is 14.0 Å². The molecule has 0 heterocycles. The van der Waals surface area contributed by atoms with Crippen molar-refractivity contribution in [3.63, 3.8) is 0 Å². The standard InChI is InChI=1S/C17H17FN2O2S/c1-11(17(22)20-16-9-4-3-8-15(16)18)23-14-7-5-6-13(10-14)19-12(2)21/h3-11H,1-2H3,(H,19,21)(H,20,22). The van der Waals surface area contributed by atoms with Crippen molar-refractivity contribution in [3.05, 3.63) is 54.3 Å². The maximum Gasteiger partial charge on any atom is 0.237 e. The van der Waals surface area contributed by atoms with Gasteiger partial charge in [0, 0.05) is 17.5 Å². The zero-order chi connectivity index (χ0) is 16.8. The lowest BCUT2D eigenvalue weighted by Crippen LogP contribution is -2.22. The lowest BCUT2D eigenvalue weighted by molar-refractivity contribution is -0.115. The Kier molecular flexibility index (Phi) is 5.76. The van der Waals surface area contributed by atoms with Crippen LogP contribution < -0.4 is 10.6 Å². The molecule has 0 radical (unpaired) electrons. The predicted octanol–water partition coefficient (Wildman–Crippen LogP) is 3.90. The number of hydrogen-bond acceptors (Lipinski definition) is 3. The van der Waals surface area contributed by atoms with E-state index >= 15 is 0 Å². The zero-order valence-electron chi connectivity index (χ0n) is 12.8. The van der Waals surface area contributed by atoms with E-state index in [1.807, 2.05) is 6.07 Å². The van der Waals surface area contributed by atoms with Gasteiger partial charge in [0.1, 0.15) is 5.82 Å². The van der Waals surface area contributed by atoms with E-state index in [-0.39, 0.29) is 17.5 Å². The van der Waals surface area contributed by atoms with Crippen LogP contribution in [0.15, 0.2) is 53.4 Å². The highest BCUT2D eigenvalue weighted by Crippen LogP contribution is 2.27. The number of hydrogen-bond donors (Lipinski definition) is 2. The Morgan fingerprint density at radius 2 is 1.83 bits per heavy atom. The van der Waals surface area contributed by atoms with Gasteiger partial charge in [-0.05, 0) is 37.3 Å². The molecule has 6 heteroatoms. The Bertz CT molecular complexity index is 721. The minimum absolute atomic E-state index is 0.155. The molecule has 2 amide bonds.